The van der Waals surface area contributed by atoms with Gasteiger partial charge in [-0.25, -0.2) is 0 Å². The van der Waals surface area contributed by atoms with E-state index in [1.54, 1.807) is 0 Å². The number of nitrogens with zero attached hydrogens (tertiary/aromatic N) is 1. The maximum atomic E-state index is 12.1. The summed E-state index contributed by atoms with van der Waals surface area (Å²) in [4.78, 5) is 11.0. The summed E-state index contributed by atoms with van der Waals surface area (Å²) < 4.78 is 28.0. The average Bonchev–Trinajstić information content (AvgIpc) is 2.46. The molecule has 20 heavy (non-hydrogen) atoms. The van der Waals surface area contributed by atoms with Crippen LogP contribution >= 0.6 is 0 Å². The van der Waals surface area contributed by atoms with Gasteiger partial charge in [0.15, 0.2) is 0 Å². The smallest absolute Gasteiger partial charge is 0.307 e. The topological polar surface area (TPSA) is 86.7 Å². The van der Waals surface area contributed by atoms with Gasteiger partial charge >= 0.3 is 5.97 Å². The second kappa shape index (κ2) is 6.34. The van der Waals surface area contributed by atoms with Crippen LogP contribution in [0.4, 0.5) is 0 Å². The van der Waals surface area contributed by atoms with Crippen LogP contribution < -0.4 is 4.72 Å². The third-order valence-electron chi connectivity index (χ3n) is 3.37. The van der Waals surface area contributed by atoms with E-state index in [1.165, 1.54) is 4.31 Å². The minimum Gasteiger partial charge on any atom is -0.481 e. The predicted molar refractivity (Wildman–Crippen MR) is 74.1 cm³/mol. The number of benzene rings is 1. The van der Waals surface area contributed by atoms with Crippen LogP contribution in [0.5, 0.6) is 0 Å². The quantitative estimate of drug-likeness (QED) is 0.842. The SMILES string of the molecule is O=C(O)C1CCCN(S(=O)(=O)NCc2ccccc2)C1. The second-order valence-electron chi connectivity index (χ2n) is 4.85. The number of hydrogen-bond acceptors (Lipinski definition) is 3. The van der Waals surface area contributed by atoms with Gasteiger partial charge in [0.05, 0.1) is 5.92 Å². The zero-order chi connectivity index (χ0) is 14.6. The van der Waals surface area contributed by atoms with Crippen molar-refractivity contribution in [1.29, 1.82) is 0 Å². The van der Waals surface area contributed by atoms with E-state index >= 15 is 0 Å². The molecule has 1 aliphatic rings. The molecule has 2 rings (SSSR count). The first-order chi connectivity index (χ1) is 9.49. The van der Waals surface area contributed by atoms with Gasteiger partial charge in [-0.3, -0.25) is 4.79 Å². The maximum Gasteiger partial charge on any atom is 0.307 e. The van der Waals surface area contributed by atoms with E-state index in [-0.39, 0.29) is 13.1 Å². The summed E-state index contributed by atoms with van der Waals surface area (Å²) in [6, 6.07) is 9.20. The summed E-state index contributed by atoms with van der Waals surface area (Å²) in [6.07, 6.45) is 1.10. The van der Waals surface area contributed by atoms with Crippen LogP contribution in [0.25, 0.3) is 0 Å². The fraction of sp³-hybridized carbons (Fsp3) is 0.462. The molecule has 0 aliphatic carbocycles. The van der Waals surface area contributed by atoms with Crippen molar-refractivity contribution in [3.05, 3.63) is 35.9 Å². The first kappa shape index (κ1) is 15.0. The fourth-order valence-electron chi connectivity index (χ4n) is 2.22. The number of aliphatic carboxylic acids is 1. The van der Waals surface area contributed by atoms with E-state index in [4.69, 9.17) is 5.11 Å². The molecule has 1 unspecified atom stereocenters. The molecule has 0 bridgehead atoms. The molecule has 0 saturated carbocycles. The van der Waals surface area contributed by atoms with Gasteiger partial charge in [-0.05, 0) is 18.4 Å². The Bertz CT molecular complexity index is 559. The van der Waals surface area contributed by atoms with Crippen LogP contribution in [0, 0.1) is 5.92 Å². The monoisotopic (exact) mass is 298 g/mol. The lowest BCUT2D eigenvalue weighted by Crippen LogP contribution is -2.47. The summed E-state index contributed by atoms with van der Waals surface area (Å²) >= 11 is 0. The zero-order valence-electron chi connectivity index (χ0n) is 11.0. The van der Waals surface area contributed by atoms with Gasteiger partial charge < -0.3 is 5.11 Å². The Morgan fingerprint density at radius 2 is 2.05 bits per heavy atom. The van der Waals surface area contributed by atoms with Crippen molar-refractivity contribution in [3.8, 4) is 0 Å². The zero-order valence-corrected chi connectivity index (χ0v) is 11.8. The molecule has 0 amide bonds. The molecule has 0 spiro atoms. The van der Waals surface area contributed by atoms with E-state index in [2.05, 4.69) is 4.72 Å². The Morgan fingerprint density at radius 3 is 2.70 bits per heavy atom. The number of carbonyl (C=O) groups is 1. The Morgan fingerprint density at radius 1 is 1.35 bits per heavy atom. The molecule has 1 saturated heterocycles. The molecule has 1 fully saturated rings. The largest absolute Gasteiger partial charge is 0.481 e. The summed E-state index contributed by atoms with van der Waals surface area (Å²) in [5.74, 6) is -1.55. The molecule has 1 atom stereocenters. The lowest BCUT2D eigenvalue weighted by molar-refractivity contribution is -0.142. The van der Waals surface area contributed by atoms with Crippen molar-refractivity contribution in [2.24, 2.45) is 5.92 Å². The lowest BCUT2D eigenvalue weighted by Gasteiger charge is -2.29. The van der Waals surface area contributed by atoms with Crippen molar-refractivity contribution in [1.82, 2.24) is 9.03 Å². The highest BCUT2D eigenvalue weighted by Crippen LogP contribution is 2.18. The van der Waals surface area contributed by atoms with E-state index in [9.17, 15) is 13.2 Å². The summed E-state index contributed by atoms with van der Waals surface area (Å²) in [5, 5.41) is 8.99. The van der Waals surface area contributed by atoms with Gasteiger partial charge in [0.25, 0.3) is 10.2 Å². The van der Waals surface area contributed by atoms with Gasteiger partial charge in [0.1, 0.15) is 0 Å². The van der Waals surface area contributed by atoms with E-state index in [0.717, 1.165) is 5.56 Å². The third-order valence-corrected chi connectivity index (χ3v) is 4.90. The van der Waals surface area contributed by atoms with Crippen LogP contribution in [0.15, 0.2) is 30.3 Å². The van der Waals surface area contributed by atoms with E-state index in [0.29, 0.717) is 19.4 Å². The highest BCUT2D eigenvalue weighted by Gasteiger charge is 2.31. The van der Waals surface area contributed by atoms with Crippen LogP contribution in [-0.2, 0) is 21.5 Å². The minimum atomic E-state index is -3.63. The van der Waals surface area contributed by atoms with Crippen LogP contribution in [0.1, 0.15) is 18.4 Å². The van der Waals surface area contributed by atoms with Gasteiger partial charge in [-0.2, -0.15) is 17.4 Å². The summed E-state index contributed by atoms with van der Waals surface area (Å²) in [7, 11) is -3.63. The molecule has 0 aromatic heterocycles. The fourth-order valence-corrected chi connectivity index (χ4v) is 3.50. The third kappa shape index (κ3) is 3.78. The number of rotatable bonds is 5. The van der Waals surface area contributed by atoms with Crippen molar-refractivity contribution in [2.45, 2.75) is 19.4 Å². The molecule has 1 heterocycles. The van der Waals surface area contributed by atoms with Crippen molar-refractivity contribution in [3.63, 3.8) is 0 Å². The number of piperidine rings is 1. The summed E-state index contributed by atoms with van der Waals surface area (Å²) in [5.41, 5.74) is 0.864. The average molecular weight is 298 g/mol. The van der Waals surface area contributed by atoms with Gasteiger partial charge in [0, 0.05) is 19.6 Å². The first-order valence-electron chi connectivity index (χ1n) is 6.50. The standard InChI is InChI=1S/C13H18N2O4S/c16-13(17)12-7-4-8-15(10-12)20(18,19)14-9-11-5-2-1-3-6-11/h1-3,5-6,12,14H,4,7-10H2,(H,16,17). The molecular formula is C13H18N2O4S. The van der Waals surface area contributed by atoms with Crippen molar-refractivity contribution in [2.75, 3.05) is 13.1 Å². The maximum absolute atomic E-state index is 12.1. The molecule has 110 valence electrons. The Labute approximate surface area is 118 Å². The second-order valence-corrected chi connectivity index (χ2v) is 6.60. The molecule has 1 aromatic carbocycles. The van der Waals surface area contributed by atoms with Gasteiger partial charge in [0.2, 0.25) is 0 Å². The lowest BCUT2D eigenvalue weighted by atomic mass is 10.0. The van der Waals surface area contributed by atoms with Crippen LogP contribution in [0.2, 0.25) is 0 Å². The number of hydrogen-bond donors (Lipinski definition) is 2. The number of nitrogens with one attached hydrogen (secondary N) is 1. The molecule has 1 aliphatic heterocycles. The Hall–Kier alpha value is -1.44. The number of carboxylic acids is 1. The molecular weight excluding hydrogens is 280 g/mol. The molecule has 6 nitrogen and oxygen atoms in total. The van der Waals surface area contributed by atoms with E-state index in [1.807, 2.05) is 30.3 Å². The molecule has 7 heteroatoms. The Balaban J connectivity index is 1.97. The van der Waals surface area contributed by atoms with Crippen molar-refractivity contribution >= 4 is 16.2 Å². The minimum absolute atomic E-state index is 0.0411. The van der Waals surface area contributed by atoms with E-state index < -0.39 is 22.1 Å². The Kier molecular flexibility index (Phi) is 4.74. The summed E-state index contributed by atoms with van der Waals surface area (Å²) in [6.45, 7) is 0.616. The van der Waals surface area contributed by atoms with Crippen LogP contribution in [0.3, 0.4) is 0 Å². The molecule has 1 aromatic rings. The first-order valence-corrected chi connectivity index (χ1v) is 7.94. The van der Waals surface area contributed by atoms with Crippen LogP contribution in [-0.4, -0.2) is 36.9 Å². The van der Waals surface area contributed by atoms with Gasteiger partial charge in [-0.1, -0.05) is 30.3 Å². The van der Waals surface area contributed by atoms with Crippen molar-refractivity contribution < 1.29 is 18.3 Å². The predicted octanol–water partition coefficient (Wildman–Crippen LogP) is 0.818. The highest BCUT2D eigenvalue weighted by molar-refractivity contribution is 7.87. The molecule has 0 radical (unpaired) electrons. The van der Waals surface area contributed by atoms with Gasteiger partial charge in [-0.15, -0.1) is 0 Å². The normalized spacial score (nSPS) is 20.7. The molecule has 2 N–H and O–H groups in total. The highest BCUT2D eigenvalue weighted by atomic mass is 32.2. The number of carboxylic acid groups (broad SMARTS) is 1.